The predicted molar refractivity (Wildman–Crippen MR) is 70.5 cm³/mol. The van der Waals surface area contributed by atoms with E-state index in [1.807, 2.05) is 0 Å². The Labute approximate surface area is 130 Å². The van der Waals surface area contributed by atoms with Gasteiger partial charge in [0.1, 0.15) is 0 Å². The minimum atomic E-state index is -6.72. The van der Waals surface area contributed by atoms with E-state index >= 15 is 0 Å². The molecule has 6 nitrogen and oxygen atoms in total. The summed E-state index contributed by atoms with van der Waals surface area (Å²) in [7, 11) is -11.2. The van der Waals surface area contributed by atoms with Crippen LogP contribution in [0.1, 0.15) is 26.7 Å². The lowest BCUT2D eigenvalue weighted by atomic mass is 10.4. The largest absolute Gasteiger partial charge is 0.480 e. The van der Waals surface area contributed by atoms with Crippen LogP contribution in [0.3, 0.4) is 0 Å². The summed E-state index contributed by atoms with van der Waals surface area (Å²) in [6, 6.07) is 0. The number of sulfonamides is 2. The number of alkyl halides is 6. The number of quaternary nitrogens is 1. The number of hydrogen-bond acceptors (Lipinski definition) is 4. The first-order valence-electron chi connectivity index (χ1n) is 6.20. The fourth-order valence-corrected chi connectivity index (χ4v) is 2.90. The zero-order valence-corrected chi connectivity index (χ0v) is 14.1. The van der Waals surface area contributed by atoms with Crippen LogP contribution in [0.4, 0.5) is 26.3 Å². The Bertz CT molecular complexity index is 493. The molecule has 0 radical (unpaired) electrons. The maximum absolute atomic E-state index is 11.4. The van der Waals surface area contributed by atoms with Gasteiger partial charge in [-0.25, -0.2) is 16.8 Å². The van der Waals surface area contributed by atoms with Crippen LogP contribution in [-0.2, 0) is 20.0 Å². The van der Waals surface area contributed by atoms with Crippen molar-refractivity contribution >= 4 is 20.0 Å². The Morgan fingerprint density at radius 2 is 1.04 bits per heavy atom. The standard InChI is InChI=1S/C7H17N.C2F6NO4S2/c1-4-6-8(3)7-5-2;3-1(4,5)14(10,11)9-15(12,13)2(6,7)8/h4-7H2,1-3H3;/q;-1/p+1. The van der Waals surface area contributed by atoms with Gasteiger partial charge in [0.15, 0.2) is 20.0 Å². The molecule has 0 rings (SSSR count). The van der Waals surface area contributed by atoms with E-state index in [4.69, 9.17) is 0 Å². The summed E-state index contributed by atoms with van der Waals surface area (Å²) in [6.45, 7) is 7.12. The molecule has 0 saturated heterocycles. The molecule has 1 N–H and O–H groups in total. The number of halogens is 6. The van der Waals surface area contributed by atoms with Crippen LogP contribution in [0, 0.1) is 0 Å². The third kappa shape index (κ3) is 9.32. The molecule has 142 valence electrons. The van der Waals surface area contributed by atoms with Crippen molar-refractivity contribution in [1.82, 2.24) is 0 Å². The van der Waals surface area contributed by atoms with Crippen molar-refractivity contribution in [3.05, 3.63) is 4.13 Å². The average molecular weight is 396 g/mol. The summed E-state index contributed by atoms with van der Waals surface area (Å²) in [5, 5.41) is 0. The normalized spacial score (nSPS) is 13.7. The molecule has 0 aliphatic heterocycles. The molecule has 23 heavy (non-hydrogen) atoms. The van der Waals surface area contributed by atoms with E-state index < -0.39 is 31.1 Å². The fourth-order valence-electron chi connectivity index (χ4n) is 1.19. The molecule has 0 unspecified atom stereocenters. The molecule has 0 atom stereocenters. The number of nitrogens with one attached hydrogen (secondary N) is 1. The molecule has 0 fully saturated rings. The minimum absolute atomic E-state index is 0.778. The second-order valence-electron chi connectivity index (χ2n) is 4.37. The summed E-state index contributed by atoms with van der Waals surface area (Å²) in [5.41, 5.74) is -12.4. The highest BCUT2D eigenvalue weighted by atomic mass is 32.3. The summed E-state index contributed by atoms with van der Waals surface area (Å²) < 4.78 is 109. The first-order chi connectivity index (χ1) is 10.0. The van der Waals surface area contributed by atoms with Gasteiger partial charge in [0.2, 0.25) is 0 Å². The van der Waals surface area contributed by atoms with Crippen molar-refractivity contribution in [3.63, 3.8) is 0 Å². The lowest BCUT2D eigenvalue weighted by Crippen LogP contribution is -3.08. The van der Waals surface area contributed by atoms with E-state index in [9.17, 15) is 43.2 Å². The number of hydrogen-bond donors (Lipinski definition) is 1. The maximum atomic E-state index is 11.4. The van der Waals surface area contributed by atoms with Gasteiger partial charge < -0.3 is 9.03 Å². The minimum Gasteiger partial charge on any atom is -0.421 e. The van der Waals surface area contributed by atoms with Gasteiger partial charge in [0, 0.05) is 0 Å². The third-order valence-electron chi connectivity index (χ3n) is 2.13. The Kier molecular flexibility index (Phi) is 9.68. The predicted octanol–water partition coefficient (Wildman–Crippen LogP) is 1.38. The topological polar surface area (TPSA) is 86.8 Å². The second kappa shape index (κ2) is 9.03. The van der Waals surface area contributed by atoms with Crippen LogP contribution in [0.2, 0.25) is 0 Å². The highest BCUT2D eigenvalue weighted by Gasteiger charge is 2.46. The monoisotopic (exact) mass is 396 g/mol. The van der Waals surface area contributed by atoms with E-state index in [2.05, 4.69) is 20.9 Å². The molecule has 14 heteroatoms. The van der Waals surface area contributed by atoms with E-state index in [1.165, 1.54) is 25.9 Å². The molecular weight excluding hydrogens is 378 g/mol. The van der Waals surface area contributed by atoms with Gasteiger partial charge >= 0.3 is 11.0 Å². The summed E-state index contributed by atoms with van der Waals surface area (Å²) >= 11 is 0. The lowest BCUT2D eigenvalue weighted by Gasteiger charge is -2.22. The van der Waals surface area contributed by atoms with Crippen molar-refractivity contribution in [2.75, 3.05) is 20.1 Å². The van der Waals surface area contributed by atoms with Gasteiger partial charge in [-0.15, -0.1) is 0 Å². The van der Waals surface area contributed by atoms with Crippen LogP contribution in [0.15, 0.2) is 0 Å². The molecule has 0 aliphatic carbocycles. The van der Waals surface area contributed by atoms with Gasteiger partial charge in [-0.1, -0.05) is 13.8 Å². The lowest BCUT2D eigenvalue weighted by molar-refractivity contribution is -0.879. The number of nitrogens with zero attached hydrogens (tertiary/aromatic N) is 1. The van der Waals surface area contributed by atoms with Crippen molar-refractivity contribution in [1.29, 1.82) is 0 Å². The van der Waals surface area contributed by atoms with E-state index in [0.717, 1.165) is 4.13 Å². The van der Waals surface area contributed by atoms with E-state index in [0.29, 0.717) is 0 Å². The maximum Gasteiger partial charge on any atom is 0.480 e. The van der Waals surface area contributed by atoms with Crippen molar-refractivity contribution < 1.29 is 48.1 Å². The van der Waals surface area contributed by atoms with Crippen molar-refractivity contribution in [3.8, 4) is 0 Å². The smallest absolute Gasteiger partial charge is 0.421 e. The quantitative estimate of drug-likeness (QED) is 0.688. The molecule has 0 aromatic heterocycles. The van der Waals surface area contributed by atoms with Gasteiger partial charge in [-0.05, 0) is 12.8 Å². The Balaban J connectivity index is 0. The fraction of sp³-hybridized carbons (Fsp3) is 1.00. The van der Waals surface area contributed by atoms with E-state index in [-0.39, 0.29) is 0 Å². The molecule has 0 aromatic rings. The molecule has 0 amide bonds. The highest BCUT2D eigenvalue weighted by molar-refractivity contribution is 8.13. The second-order valence-corrected chi connectivity index (χ2v) is 7.80. The third-order valence-corrected chi connectivity index (χ3v) is 4.87. The summed E-state index contributed by atoms with van der Waals surface area (Å²) in [5.74, 6) is 0. The van der Waals surface area contributed by atoms with Gasteiger partial charge in [0.05, 0.1) is 20.1 Å². The SMILES string of the molecule is CCC[NH+](C)CCC.O=S(=O)([N-]S(=O)(=O)C(F)(F)F)C(F)(F)F. The van der Waals surface area contributed by atoms with Crippen LogP contribution < -0.4 is 4.90 Å². The molecule has 0 aromatic carbocycles. The molecule has 0 aliphatic rings. The van der Waals surface area contributed by atoms with Crippen LogP contribution in [0.5, 0.6) is 0 Å². The molecule has 0 spiro atoms. The molecule has 0 bridgehead atoms. The first kappa shape index (κ1) is 24.6. The first-order valence-corrected chi connectivity index (χ1v) is 9.08. The number of rotatable bonds is 6. The molecule has 0 saturated carbocycles. The van der Waals surface area contributed by atoms with Crippen LogP contribution >= 0.6 is 0 Å². The van der Waals surface area contributed by atoms with Gasteiger partial charge in [0.25, 0.3) is 0 Å². The van der Waals surface area contributed by atoms with Gasteiger partial charge in [-0.2, -0.15) is 26.3 Å². The average Bonchev–Trinajstić information content (AvgIpc) is 2.25. The van der Waals surface area contributed by atoms with Crippen molar-refractivity contribution in [2.45, 2.75) is 37.7 Å². The zero-order valence-electron chi connectivity index (χ0n) is 12.5. The van der Waals surface area contributed by atoms with Crippen LogP contribution in [0.25, 0.3) is 4.13 Å². The Morgan fingerprint density at radius 3 is 1.22 bits per heavy atom. The molecular formula is C9H18F6N2O4S2. The summed E-state index contributed by atoms with van der Waals surface area (Å²) in [4.78, 5) is 1.66. The van der Waals surface area contributed by atoms with Gasteiger partial charge in [-0.3, -0.25) is 0 Å². The highest BCUT2D eigenvalue weighted by Crippen LogP contribution is 2.36. The zero-order chi connectivity index (χ0) is 19.1. The van der Waals surface area contributed by atoms with Crippen LogP contribution in [-0.4, -0.2) is 48.0 Å². The Morgan fingerprint density at radius 1 is 0.783 bits per heavy atom. The van der Waals surface area contributed by atoms with Crippen molar-refractivity contribution in [2.24, 2.45) is 0 Å². The summed E-state index contributed by atoms with van der Waals surface area (Å²) in [6.07, 6.45) is 2.62. The Hall–Kier alpha value is -0.600. The molecule has 0 heterocycles. The van der Waals surface area contributed by atoms with E-state index in [1.54, 1.807) is 4.90 Å².